The Balaban J connectivity index is 2.14. The van der Waals surface area contributed by atoms with Gasteiger partial charge < -0.3 is 14.0 Å². The summed E-state index contributed by atoms with van der Waals surface area (Å²) in [5.41, 5.74) is 1.30. The standard InChI is InChI=1S/C19H19ClN2O3S/c1-4-10-22-17-14(20)6-5-7-16(17)26-19(22)21-18(23)13-9-8-12(24-2)11-15(13)25-3/h5-9,11H,4,10H2,1-3H3. The van der Waals surface area contributed by atoms with Gasteiger partial charge in [0, 0.05) is 12.6 Å². The van der Waals surface area contributed by atoms with Crippen molar-refractivity contribution < 1.29 is 14.3 Å². The number of amides is 1. The topological polar surface area (TPSA) is 52.8 Å². The highest BCUT2D eigenvalue weighted by Gasteiger charge is 2.15. The van der Waals surface area contributed by atoms with E-state index in [0.29, 0.717) is 26.9 Å². The zero-order valence-electron chi connectivity index (χ0n) is 14.8. The van der Waals surface area contributed by atoms with Gasteiger partial charge in [-0.05, 0) is 30.7 Å². The molecule has 0 radical (unpaired) electrons. The van der Waals surface area contributed by atoms with E-state index in [-0.39, 0.29) is 5.91 Å². The van der Waals surface area contributed by atoms with Gasteiger partial charge in [-0.15, -0.1) is 0 Å². The van der Waals surface area contributed by atoms with E-state index < -0.39 is 0 Å². The van der Waals surface area contributed by atoms with E-state index in [1.54, 1.807) is 25.3 Å². The molecule has 0 aliphatic rings. The number of hydrogen-bond acceptors (Lipinski definition) is 4. The summed E-state index contributed by atoms with van der Waals surface area (Å²) in [4.78, 5) is 17.8. The average Bonchev–Trinajstić information content (AvgIpc) is 2.99. The summed E-state index contributed by atoms with van der Waals surface area (Å²) in [6.07, 6.45) is 0.907. The van der Waals surface area contributed by atoms with Gasteiger partial charge >= 0.3 is 0 Å². The first-order valence-corrected chi connectivity index (χ1v) is 9.37. The van der Waals surface area contributed by atoms with Crippen LogP contribution in [0.2, 0.25) is 5.02 Å². The molecule has 0 fully saturated rings. The second-order valence-electron chi connectivity index (χ2n) is 5.61. The van der Waals surface area contributed by atoms with E-state index in [1.807, 2.05) is 22.8 Å². The van der Waals surface area contributed by atoms with Gasteiger partial charge in [0.2, 0.25) is 0 Å². The largest absolute Gasteiger partial charge is 0.497 e. The zero-order chi connectivity index (χ0) is 18.7. The lowest BCUT2D eigenvalue weighted by molar-refractivity contribution is 0.0995. The van der Waals surface area contributed by atoms with Crippen LogP contribution in [0.1, 0.15) is 23.7 Å². The molecule has 1 amide bonds. The Hall–Kier alpha value is -2.31. The molecule has 0 aliphatic carbocycles. The summed E-state index contributed by atoms with van der Waals surface area (Å²) >= 11 is 7.82. The molecule has 3 rings (SSSR count). The van der Waals surface area contributed by atoms with Crippen molar-refractivity contribution in [2.75, 3.05) is 14.2 Å². The summed E-state index contributed by atoms with van der Waals surface area (Å²) in [5.74, 6) is 0.685. The number of benzene rings is 2. The van der Waals surface area contributed by atoms with Gasteiger partial charge in [0.1, 0.15) is 11.5 Å². The van der Waals surface area contributed by atoms with Gasteiger partial charge in [-0.25, -0.2) is 0 Å². The maximum atomic E-state index is 12.8. The number of rotatable bonds is 5. The molecule has 0 saturated heterocycles. The molecule has 2 aromatic carbocycles. The molecule has 5 nitrogen and oxygen atoms in total. The van der Waals surface area contributed by atoms with Crippen LogP contribution in [-0.2, 0) is 6.54 Å². The fourth-order valence-electron chi connectivity index (χ4n) is 2.73. The normalized spacial score (nSPS) is 11.8. The molecule has 0 unspecified atom stereocenters. The number of halogens is 1. The molecular weight excluding hydrogens is 372 g/mol. The summed E-state index contributed by atoms with van der Waals surface area (Å²) in [7, 11) is 3.08. The van der Waals surface area contributed by atoms with Gasteiger partial charge in [-0.1, -0.05) is 35.9 Å². The second kappa shape index (κ2) is 7.93. The second-order valence-corrected chi connectivity index (χ2v) is 7.02. The number of carbonyl (C=O) groups is 1. The molecule has 1 aromatic heterocycles. The Bertz CT molecular complexity index is 1020. The minimum absolute atomic E-state index is 0.364. The van der Waals surface area contributed by atoms with E-state index in [1.165, 1.54) is 18.4 Å². The Morgan fingerprint density at radius 1 is 1.23 bits per heavy atom. The quantitative estimate of drug-likeness (QED) is 0.643. The number of hydrogen-bond donors (Lipinski definition) is 0. The van der Waals surface area contributed by atoms with Gasteiger partial charge in [0.15, 0.2) is 4.80 Å². The molecule has 136 valence electrons. The predicted molar refractivity (Wildman–Crippen MR) is 105 cm³/mol. The smallest absolute Gasteiger partial charge is 0.283 e. The van der Waals surface area contributed by atoms with E-state index >= 15 is 0 Å². The van der Waals surface area contributed by atoms with Crippen LogP contribution in [0.4, 0.5) is 0 Å². The summed E-state index contributed by atoms with van der Waals surface area (Å²) < 4.78 is 13.5. The van der Waals surface area contributed by atoms with Crippen molar-refractivity contribution >= 4 is 39.1 Å². The highest BCUT2D eigenvalue weighted by atomic mass is 35.5. The predicted octanol–water partition coefficient (Wildman–Crippen LogP) is 4.52. The van der Waals surface area contributed by atoms with E-state index in [0.717, 1.165) is 23.2 Å². The Morgan fingerprint density at radius 3 is 2.73 bits per heavy atom. The number of carbonyl (C=O) groups excluding carboxylic acids is 1. The van der Waals surface area contributed by atoms with Gasteiger partial charge in [-0.3, -0.25) is 4.79 Å². The number of aryl methyl sites for hydroxylation is 1. The third kappa shape index (κ3) is 3.48. The number of fused-ring (bicyclic) bond motifs is 1. The highest BCUT2D eigenvalue weighted by Crippen LogP contribution is 2.27. The number of ether oxygens (including phenoxy) is 2. The van der Waals surface area contributed by atoms with Crippen LogP contribution in [-0.4, -0.2) is 24.7 Å². The van der Waals surface area contributed by atoms with Crippen LogP contribution in [0.25, 0.3) is 10.2 Å². The highest BCUT2D eigenvalue weighted by molar-refractivity contribution is 7.16. The van der Waals surface area contributed by atoms with Crippen molar-refractivity contribution in [1.82, 2.24) is 4.57 Å². The van der Waals surface area contributed by atoms with Gasteiger partial charge in [-0.2, -0.15) is 4.99 Å². The molecular formula is C19H19ClN2O3S. The first kappa shape index (κ1) is 18.5. The Labute approximate surface area is 160 Å². The maximum absolute atomic E-state index is 12.8. The lowest BCUT2D eigenvalue weighted by Crippen LogP contribution is -2.17. The molecule has 1 heterocycles. The SMILES string of the molecule is CCCn1c(=NC(=O)c2ccc(OC)cc2OC)sc2cccc(Cl)c21. The minimum atomic E-state index is -0.364. The van der Waals surface area contributed by atoms with Crippen LogP contribution in [0.15, 0.2) is 41.4 Å². The number of aromatic nitrogens is 1. The molecule has 26 heavy (non-hydrogen) atoms. The fourth-order valence-corrected chi connectivity index (χ4v) is 4.14. The minimum Gasteiger partial charge on any atom is -0.497 e. The van der Waals surface area contributed by atoms with Crippen LogP contribution >= 0.6 is 22.9 Å². The number of para-hydroxylation sites is 1. The third-order valence-corrected chi connectivity index (χ3v) is 5.28. The molecule has 0 bridgehead atoms. The van der Waals surface area contributed by atoms with E-state index in [2.05, 4.69) is 11.9 Å². The van der Waals surface area contributed by atoms with Crippen molar-refractivity contribution in [3.8, 4) is 11.5 Å². The van der Waals surface area contributed by atoms with Gasteiger partial charge in [0.05, 0.1) is 35.0 Å². The number of nitrogens with zero attached hydrogens (tertiary/aromatic N) is 2. The van der Waals surface area contributed by atoms with Crippen molar-refractivity contribution in [2.45, 2.75) is 19.9 Å². The lowest BCUT2D eigenvalue weighted by atomic mass is 10.2. The first-order valence-electron chi connectivity index (χ1n) is 8.18. The van der Waals surface area contributed by atoms with Gasteiger partial charge in [0.25, 0.3) is 5.91 Å². The maximum Gasteiger partial charge on any atom is 0.283 e. The molecule has 0 N–H and O–H groups in total. The molecule has 3 aromatic rings. The van der Waals surface area contributed by atoms with Crippen LogP contribution in [0.5, 0.6) is 11.5 Å². The van der Waals surface area contributed by atoms with Crippen molar-refractivity contribution in [3.05, 3.63) is 51.8 Å². The number of thiazole rings is 1. The zero-order valence-corrected chi connectivity index (χ0v) is 16.4. The molecule has 0 saturated carbocycles. The van der Waals surface area contributed by atoms with E-state index in [9.17, 15) is 4.79 Å². The van der Waals surface area contributed by atoms with E-state index in [4.69, 9.17) is 21.1 Å². The first-order chi connectivity index (χ1) is 12.6. The molecule has 0 aliphatic heterocycles. The average molecular weight is 391 g/mol. The summed E-state index contributed by atoms with van der Waals surface area (Å²) in [5, 5.41) is 0.656. The van der Waals surface area contributed by atoms with Crippen LogP contribution in [0, 0.1) is 0 Å². The van der Waals surface area contributed by atoms with Crippen LogP contribution in [0.3, 0.4) is 0 Å². The number of methoxy groups -OCH3 is 2. The Kier molecular flexibility index (Phi) is 5.64. The Morgan fingerprint density at radius 2 is 2.04 bits per heavy atom. The molecule has 7 heteroatoms. The van der Waals surface area contributed by atoms with Crippen molar-refractivity contribution in [2.24, 2.45) is 4.99 Å². The van der Waals surface area contributed by atoms with Crippen LogP contribution < -0.4 is 14.3 Å². The van der Waals surface area contributed by atoms with Crippen molar-refractivity contribution in [1.29, 1.82) is 0 Å². The molecule has 0 atom stereocenters. The third-order valence-electron chi connectivity index (χ3n) is 3.94. The monoisotopic (exact) mass is 390 g/mol. The summed E-state index contributed by atoms with van der Waals surface area (Å²) in [6, 6.07) is 10.8. The summed E-state index contributed by atoms with van der Waals surface area (Å²) in [6.45, 7) is 2.81. The fraction of sp³-hybridized carbons (Fsp3) is 0.263. The van der Waals surface area contributed by atoms with Crippen molar-refractivity contribution in [3.63, 3.8) is 0 Å². The lowest BCUT2D eigenvalue weighted by Gasteiger charge is -2.08. The molecule has 0 spiro atoms.